The van der Waals surface area contributed by atoms with Crippen LogP contribution in [0.1, 0.15) is 26.2 Å². The number of hydrogen-bond donors (Lipinski definition) is 1. The number of halogens is 3. The number of allylic oxidation sites excluding steroid dienone is 1. The molecule has 0 spiro atoms. The molecule has 0 amide bonds. The first-order valence-corrected chi connectivity index (χ1v) is 3.90. The molecule has 0 aromatic heterocycles. The number of aliphatic hydroxyl groups excluding tert-OH is 1. The van der Waals surface area contributed by atoms with Crippen LogP contribution in [0.4, 0.5) is 13.2 Å². The van der Waals surface area contributed by atoms with E-state index in [1.807, 2.05) is 6.92 Å². The van der Waals surface area contributed by atoms with Crippen molar-refractivity contribution in [1.29, 1.82) is 0 Å². The Bertz CT molecular complexity index is 140. The Kier molecular flexibility index (Phi) is 4.97. The van der Waals surface area contributed by atoms with E-state index in [1.54, 1.807) is 0 Å². The zero-order valence-corrected chi connectivity index (χ0v) is 6.93. The molecular formula is C8H13F3O. The Morgan fingerprint density at radius 2 is 2.00 bits per heavy atom. The maximum absolute atomic E-state index is 11.7. The van der Waals surface area contributed by atoms with Crippen molar-refractivity contribution < 1.29 is 18.3 Å². The fourth-order valence-corrected chi connectivity index (χ4v) is 0.656. The topological polar surface area (TPSA) is 20.2 Å². The van der Waals surface area contributed by atoms with E-state index in [2.05, 4.69) is 0 Å². The molecule has 0 bridgehead atoms. The molecule has 0 rings (SSSR count). The molecule has 0 radical (unpaired) electrons. The molecule has 0 saturated carbocycles. The summed E-state index contributed by atoms with van der Waals surface area (Å²) in [5.41, 5.74) is 0. The summed E-state index contributed by atoms with van der Waals surface area (Å²) in [6.07, 6.45) is -2.31. The van der Waals surface area contributed by atoms with Crippen molar-refractivity contribution >= 4 is 0 Å². The second-order valence-corrected chi connectivity index (χ2v) is 2.56. The second kappa shape index (κ2) is 5.19. The smallest absolute Gasteiger partial charge is 0.380 e. The second-order valence-electron chi connectivity index (χ2n) is 2.56. The molecule has 1 nitrogen and oxygen atoms in total. The van der Waals surface area contributed by atoms with Gasteiger partial charge in [0.1, 0.15) is 0 Å². The fraction of sp³-hybridized carbons (Fsp3) is 0.750. The van der Waals surface area contributed by atoms with Crippen molar-refractivity contribution in [2.45, 2.75) is 38.5 Å². The molecule has 0 unspecified atom stereocenters. The van der Waals surface area contributed by atoms with Crippen LogP contribution >= 0.6 is 0 Å². The van der Waals surface area contributed by atoms with Gasteiger partial charge in [-0.25, -0.2) is 0 Å². The fourth-order valence-electron chi connectivity index (χ4n) is 0.656. The third-order valence-corrected chi connectivity index (χ3v) is 1.38. The van der Waals surface area contributed by atoms with Gasteiger partial charge in [0.2, 0.25) is 0 Å². The number of hydrogen-bond acceptors (Lipinski definition) is 1. The largest absolute Gasteiger partial charge is 0.417 e. The molecule has 1 atom stereocenters. The maximum Gasteiger partial charge on any atom is 0.417 e. The van der Waals surface area contributed by atoms with Crippen molar-refractivity contribution in [2.24, 2.45) is 0 Å². The minimum Gasteiger partial charge on any atom is -0.380 e. The van der Waals surface area contributed by atoms with Crippen LogP contribution in [0.5, 0.6) is 0 Å². The first kappa shape index (κ1) is 11.5. The van der Waals surface area contributed by atoms with Gasteiger partial charge in [-0.05, 0) is 6.42 Å². The number of rotatable bonds is 4. The van der Waals surface area contributed by atoms with E-state index >= 15 is 0 Å². The number of unbranched alkanes of at least 4 members (excludes halogenated alkanes) is 2. The summed E-state index contributed by atoms with van der Waals surface area (Å²) in [4.78, 5) is 0. The average Bonchev–Trinajstić information content (AvgIpc) is 1.96. The zero-order valence-electron chi connectivity index (χ0n) is 6.93. The van der Waals surface area contributed by atoms with E-state index in [9.17, 15) is 13.2 Å². The van der Waals surface area contributed by atoms with Crippen LogP contribution in [0.15, 0.2) is 12.2 Å². The summed E-state index contributed by atoms with van der Waals surface area (Å²) in [7, 11) is 0. The molecule has 72 valence electrons. The highest BCUT2D eigenvalue weighted by Gasteiger charge is 2.35. The van der Waals surface area contributed by atoms with E-state index in [4.69, 9.17) is 5.11 Å². The van der Waals surface area contributed by atoms with Gasteiger partial charge in [-0.3, -0.25) is 0 Å². The third-order valence-electron chi connectivity index (χ3n) is 1.38. The summed E-state index contributed by atoms with van der Waals surface area (Å²) in [5.74, 6) is 0. The van der Waals surface area contributed by atoms with E-state index in [1.165, 1.54) is 6.08 Å². The van der Waals surface area contributed by atoms with Crippen molar-refractivity contribution in [1.82, 2.24) is 0 Å². The van der Waals surface area contributed by atoms with E-state index in [0.29, 0.717) is 6.42 Å². The standard InChI is InChI=1S/C8H13F3O/c1-2-3-4-5-6-7(12)8(9,10)11/h5-7,12H,2-4H2,1H3/b6-5-/t7-/m0/s1. The third kappa shape index (κ3) is 5.18. The minimum absolute atomic E-state index is 0.587. The lowest BCUT2D eigenvalue weighted by atomic mass is 10.2. The number of aliphatic hydroxyl groups is 1. The maximum atomic E-state index is 11.7. The molecule has 0 saturated heterocycles. The SMILES string of the molecule is CCCC/C=C\[C@H](O)C(F)(F)F. The molecule has 0 aliphatic carbocycles. The molecule has 4 heteroatoms. The Labute approximate surface area is 69.9 Å². The summed E-state index contributed by atoms with van der Waals surface area (Å²) >= 11 is 0. The first-order valence-electron chi connectivity index (χ1n) is 3.90. The van der Waals surface area contributed by atoms with Crippen LogP contribution in [0.3, 0.4) is 0 Å². The van der Waals surface area contributed by atoms with Crippen molar-refractivity contribution in [3.8, 4) is 0 Å². The molecule has 12 heavy (non-hydrogen) atoms. The highest BCUT2D eigenvalue weighted by Crippen LogP contribution is 2.20. The molecule has 0 aliphatic rings. The van der Waals surface area contributed by atoms with Crippen molar-refractivity contribution in [3.63, 3.8) is 0 Å². The molecule has 0 aliphatic heterocycles. The summed E-state index contributed by atoms with van der Waals surface area (Å²) in [6.45, 7) is 1.95. The predicted octanol–water partition coefficient (Wildman–Crippen LogP) is 2.66. The lowest BCUT2D eigenvalue weighted by molar-refractivity contribution is -0.187. The van der Waals surface area contributed by atoms with Gasteiger partial charge in [-0.15, -0.1) is 0 Å². The minimum atomic E-state index is -4.53. The summed E-state index contributed by atoms with van der Waals surface area (Å²) in [5, 5.41) is 8.47. The van der Waals surface area contributed by atoms with Gasteiger partial charge in [0.25, 0.3) is 0 Å². The monoisotopic (exact) mass is 182 g/mol. The quantitative estimate of drug-likeness (QED) is 0.523. The molecule has 0 aromatic rings. The average molecular weight is 182 g/mol. The van der Waals surface area contributed by atoms with Gasteiger partial charge in [0.05, 0.1) is 0 Å². The van der Waals surface area contributed by atoms with Crippen LogP contribution in [0.2, 0.25) is 0 Å². The predicted molar refractivity (Wildman–Crippen MR) is 40.7 cm³/mol. The molecule has 0 fully saturated rings. The van der Waals surface area contributed by atoms with Crippen LogP contribution in [-0.4, -0.2) is 17.4 Å². The highest BCUT2D eigenvalue weighted by atomic mass is 19.4. The Hall–Kier alpha value is -0.510. The van der Waals surface area contributed by atoms with E-state index in [-0.39, 0.29) is 0 Å². The lowest BCUT2D eigenvalue weighted by Crippen LogP contribution is -2.25. The summed E-state index contributed by atoms with van der Waals surface area (Å²) in [6, 6.07) is 0. The van der Waals surface area contributed by atoms with Gasteiger partial charge in [-0.1, -0.05) is 31.9 Å². The van der Waals surface area contributed by atoms with Crippen LogP contribution < -0.4 is 0 Å². The highest BCUT2D eigenvalue weighted by molar-refractivity contribution is 4.92. The van der Waals surface area contributed by atoms with Gasteiger partial charge in [0, 0.05) is 0 Å². The molecule has 1 N–H and O–H groups in total. The first-order chi connectivity index (χ1) is 5.48. The van der Waals surface area contributed by atoms with E-state index in [0.717, 1.165) is 18.9 Å². The summed E-state index contributed by atoms with van der Waals surface area (Å²) < 4.78 is 35.0. The van der Waals surface area contributed by atoms with Gasteiger partial charge in [0.15, 0.2) is 6.10 Å². The van der Waals surface area contributed by atoms with Crippen LogP contribution in [0.25, 0.3) is 0 Å². The Balaban J connectivity index is 3.68. The normalized spacial score (nSPS) is 15.4. The molecule has 0 heterocycles. The van der Waals surface area contributed by atoms with Crippen LogP contribution in [-0.2, 0) is 0 Å². The Morgan fingerprint density at radius 3 is 2.42 bits per heavy atom. The number of alkyl halides is 3. The Morgan fingerprint density at radius 1 is 1.42 bits per heavy atom. The molecule has 0 aromatic carbocycles. The zero-order chi connectivity index (χ0) is 9.61. The lowest BCUT2D eigenvalue weighted by Gasteiger charge is -2.09. The molecular weight excluding hydrogens is 169 g/mol. The van der Waals surface area contributed by atoms with Crippen LogP contribution in [0, 0.1) is 0 Å². The van der Waals surface area contributed by atoms with Crippen molar-refractivity contribution in [3.05, 3.63) is 12.2 Å². The van der Waals surface area contributed by atoms with Gasteiger partial charge in [-0.2, -0.15) is 13.2 Å². The van der Waals surface area contributed by atoms with E-state index < -0.39 is 12.3 Å². The van der Waals surface area contributed by atoms with Gasteiger partial charge >= 0.3 is 6.18 Å². The van der Waals surface area contributed by atoms with Crippen molar-refractivity contribution in [2.75, 3.05) is 0 Å². The van der Waals surface area contributed by atoms with Gasteiger partial charge < -0.3 is 5.11 Å².